The van der Waals surface area contributed by atoms with Gasteiger partial charge in [-0.3, -0.25) is 4.79 Å². The van der Waals surface area contributed by atoms with Crippen LogP contribution in [0.3, 0.4) is 0 Å². The number of hydrazone groups is 1. The van der Waals surface area contributed by atoms with E-state index in [9.17, 15) is 4.79 Å². The van der Waals surface area contributed by atoms with Crippen LogP contribution in [-0.2, 0) is 6.61 Å². The van der Waals surface area contributed by atoms with Crippen LogP contribution in [0.15, 0.2) is 53.6 Å². The van der Waals surface area contributed by atoms with Crippen LogP contribution in [0.5, 0.6) is 5.75 Å². The summed E-state index contributed by atoms with van der Waals surface area (Å²) >= 11 is 0. The molecule has 0 atom stereocenters. The Morgan fingerprint density at radius 1 is 1.15 bits per heavy atom. The van der Waals surface area contributed by atoms with Gasteiger partial charge in [0.15, 0.2) is 0 Å². The van der Waals surface area contributed by atoms with Crippen LogP contribution >= 0.6 is 0 Å². The normalized spacial score (nSPS) is 10.7. The number of phenols is 1. The number of nitrogens with one attached hydrogen (secondary N) is 1. The van der Waals surface area contributed by atoms with Crippen LogP contribution in [-0.4, -0.2) is 22.3 Å². The lowest BCUT2D eigenvalue weighted by Gasteiger charge is -2.04. The number of phenolic OH excluding ortho intramolecular Hbond substituents is 1. The van der Waals surface area contributed by atoms with E-state index in [-0.39, 0.29) is 18.3 Å². The van der Waals surface area contributed by atoms with Gasteiger partial charge in [0.05, 0.1) is 12.8 Å². The van der Waals surface area contributed by atoms with Gasteiger partial charge in [-0.2, -0.15) is 5.10 Å². The van der Waals surface area contributed by atoms with Crippen molar-refractivity contribution in [3.63, 3.8) is 0 Å². The van der Waals surface area contributed by atoms with Gasteiger partial charge in [-0.15, -0.1) is 0 Å². The van der Waals surface area contributed by atoms with Crippen molar-refractivity contribution >= 4 is 12.1 Å². The summed E-state index contributed by atoms with van der Waals surface area (Å²) in [6, 6.07) is 13.2. The zero-order valence-electron chi connectivity index (χ0n) is 10.7. The molecule has 0 aromatic heterocycles. The van der Waals surface area contributed by atoms with Gasteiger partial charge >= 0.3 is 0 Å². The molecule has 0 saturated heterocycles. The topological polar surface area (TPSA) is 81.9 Å². The predicted octanol–water partition coefficient (Wildman–Crippen LogP) is 1.65. The number of aromatic hydroxyl groups is 1. The second-order valence-corrected chi connectivity index (χ2v) is 4.11. The van der Waals surface area contributed by atoms with Gasteiger partial charge in [-0.05, 0) is 41.5 Å². The fraction of sp³-hybridized carbons (Fsp3) is 0.0667. The van der Waals surface area contributed by atoms with E-state index in [0.717, 1.165) is 5.56 Å². The van der Waals surface area contributed by atoms with Gasteiger partial charge in [0, 0.05) is 5.56 Å². The van der Waals surface area contributed by atoms with Gasteiger partial charge in [0.1, 0.15) is 5.75 Å². The molecule has 0 fully saturated rings. The Bertz CT molecular complexity index is 621. The maximum absolute atomic E-state index is 11.9. The number of nitrogens with zero attached hydrogens (tertiary/aromatic N) is 1. The molecule has 2 aromatic rings. The van der Waals surface area contributed by atoms with Crippen molar-refractivity contribution in [2.75, 3.05) is 0 Å². The maximum Gasteiger partial charge on any atom is 0.271 e. The smallest absolute Gasteiger partial charge is 0.271 e. The minimum absolute atomic E-state index is 0.169. The average Bonchev–Trinajstić information content (AvgIpc) is 2.49. The summed E-state index contributed by atoms with van der Waals surface area (Å²) in [6.45, 7) is -0.203. The number of hydrogen-bond donors (Lipinski definition) is 3. The summed E-state index contributed by atoms with van der Waals surface area (Å²) in [5.74, 6) is -0.215. The highest BCUT2D eigenvalue weighted by Gasteiger charge is 2.08. The van der Waals surface area contributed by atoms with Crippen LogP contribution in [0, 0.1) is 0 Å². The van der Waals surface area contributed by atoms with Crippen molar-refractivity contribution in [2.24, 2.45) is 5.10 Å². The van der Waals surface area contributed by atoms with Crippen molar-refractivity contribution in [2.45, 2.75) is 6.61 Å². The first-order chi connectivity index (χ1) is 9.70. The van der Waals surface area contributed by atoms with Crippen LogP contribution in [0.1, 0.15) is 21.5 Å². The Hall–Kier alpha value is -2.66. The molecule has 0 bridgehead atoms. The number of aliphatic hydroxyl groups is 1. The number of hydrogen-bond acceptors (Lipinski definition) is 4. The van der Waals surface area contributed by atoms with E-state index in [4.69, 9.17) is 10.2 Å². The first kappa shape index (κ1) is 13.8. The van der Waals surface area contributed by atoms with Gasteiger partial charge in [0.25, 0.3) is 5.91 Å². The van der Waals surface area contributed by atoms with Gasteiger partial charge in [-0.1, -0.05) is 18.2 Å². The highest BCUT2D eigenvalue weighted by Crippen LogP contribution is 2.09. The first-order valence-electron chi connectivity index (χ1n) is 6.02. The molecule has 5 heteroatoms. The van der Waals surface area contributed by atoms with Crippen LogP contribution < -0.4 is 5.43 Å². The highest BCUT2D eigenvalue weighted by atomic mass is 16.3. The first-order valence-corrected chi connectivity index (χ1v) is 6.02. The van der Waals surface area contributed by atoms with Crippen molar-refractivity contribution in [1.29, 1.82) is 0 Å². The van der Waals surface area contributed by atoms with Crippen LogP contribution in [0.4, 0.5) is 0 Å². The number of benzene rings is 2. The second kappa shape index (κ2) is 6.49. The average molecular weight is 270 g/mol. The monoisotopic (exact) mass is 270 g/mol. The SMILES string of the molecule is O=C(N/N=C\c1ccc(O)cc1)c1ccccc1CO. The van der Waals surface area contributed by atoms with Gasteiger partial charge in [0.2, 0.25) is 0 Å². The molecular weight excluding hydrogens is 256 g/mol. The third-order valence-electron chi connectivity index (χ3n) is 2.71. The molecule has 0 unspecified atom stereocenters. The number of amides is 1. The number of carbonyl (C=O) groups is 1. The zero-order valence-corrected chi connectivity index (χ0v) is 10.7. The zero-order chi connectivity index (χ0) is 14.4. The lowest BCUT2D eigenvalue weighted by Crippen LogP contribution is -2.19. The summed E-state index contributed by atoms with van der Waals surface area (Å²) in [5, 5.41) is 22.1. The molecule has 0 aliphatic rings. The minimum Gasteiger partial charge on any atom is -0.508 e. The Morgan fingerprint density at radius 2 is 1.85 bits per heavy atom. The molecule has 0 heterocycles. The van der Waals surface area contributed by atoms with Crippen molar-refractivity contribution in [1.82, 2.24) is 5.43 Å². The van der Waals surface area contributed by atoms with Crippen LogP contribution in [0.2, 0.25) is 0 Å². The summed E-state index contributed by atoms with van der Waals surface area (Å²) in [4.78, 5) is 11.9. The predicted molar refractivity (Wildman–Crippen MR) is 75.5 cm³/mol. The summed E-state index contributed by atoms with van der Waals surface area (Å²) in [5.41, 5.74) is 4.08. The third kappa shape index (κ3) is 3.43. The molecule has 0 saturated carbocycles. The lowest BCUT2D eigenvalue weighted by molar-refractivity contribution is 0.0952. The number of rotatable bonds is 4. The van der Waals surface area contributed by atoms with Crippen LogP contribution in [0.25, 0.3) is 0 Å². The fourth-order valence-electron chi connectivity index (χ4n) is 1.67. The molecule has 3 N–H and O–H groups in total. The Kier molecular flexibility index (Phi) is 4.47. The van der Waals surface area contributed by atoms with E-state index in [1.54, 1.807) is 36.4 Å². The molecular formula is C15H14N2O3. The Balaban J connectivity index is 2.03. The molecule has 5 nitrogen and oxygen atoms in total. The van der Waals surface area contributed by atoms with Gasteiger partial charge in [-0.25, -0.2) is 5.43 Å². The van der Waals surface area contributed by atoms with Gasteiger partial charge < -0.3 is 10.2 Å². The number of carbonyl (C=O) groups excluding carboxylic acids is 1. The molecule has 0 aliphatic heterocycles. The molecule has 102 valence electrons. The second-order valence-electron chi connectivity index (χ2n) is 4.11. The molecule has 2 rings (SSSR count). The molecule has 0 aliphatic carbocycles. The minimum atomic E-state index is -0.385. The Morgan fingerprint density at radius 3 is 2.55 bits per heavy atom. The van der Waals surface area contributed by atoms with E-state index in [1.165, 1.54) is 18.3 Å². The molecule has 1 amide bonds. The molecule has 2 aromatic carbocycles. The maximum atomic E-state index is 11.9. The van der Waals surface area contributed by atoms with E-state index in [1.807, 2.05) is 0 Å². The quantitative estimate of drug-likeness (QED) is 0.583. The summed E-state index contributed by atoms with van der Waals surface area (Å²) < 4.78 is 0. The molecule has 0 spiro atoms. The lowest BCUT2D eigenvalue weighted by atomic mass is 10.1. The van der Waals surface area contributed by atoms with Crippen molar-refractivity contribution in [3.8, 4) is 5.75 Å². The third-order valence-corrected chi connectivity index (χ3v) is 2.71. The molecule has 20 heavy (non-hydrogen) atoms. The van der Waals surface area contributed by atoms with E-state index >= 15 is 0 Å². The Labute approximate surface area is 116 Å². The summed E-state index contributed by atoms with van der Waals surface area (Å²) in [7, 11) is 0. The number of aliphatic hydroxyl groups excluding tert-OH is 1. The largest absolute Gasteiger partial charge is 0.508 e. The van der Waals surface area contributed by atoms with E-state index in [2.05, 4.69) is 10.5 Å². The van der Waals surface area contributed by atoms with E-state index in [0.29, 0.717) is 11.1 Å². The van der Waals surface area contributed by atoms with Crippen molar-refractivity contribution in [3.05, 3.63) is 65.2 Å². The fourth-order valence-corrected chi connectivity index (χ4v) is 1.67. The summed E-state index contributed by atoms with van der Waals surface area (Å²) in [6.07, 6.45) is 1.47. The van der Waals surface area contributed by atoms with E-state index < -0.39 is 0 Å². The highest BCUT2D eigenvalue weighted by molar-refractivity contribution is 5.96. The molecule has 0 radical (unpaired) electrons. The standard InChI is InChI=1S/C15H14N2O3/c18-10-12-3-1-2-4-14(12)15(20)17-16-9-11-5-7-13(19)8-6-11/h1-9,18-19H,10H2,(H,17,20)/b16-9-. The van der Waals surface area contributed by atoms with Crippen molar-refractivity contribution < 1.29 is 15.0 Å².